The molecule has 15 heavy (non-hydrogen) atoms. The average Bonchev–Trinajstić information content (AvgIpc) is 2.74. The van der Waals surface area contributed by atoms with E-state index < -0.39 is 0 Å². The standard InChI is InChI=1S/C10H12N4S/c1-7-3-4-9(14-13-7)12-8(2)10-11-5-6-15-10/h3-6,8H,1-2H3,(H,12,14). The minimum atomic E-state index is 0.169. The van der Waals surface area contributed by atoms with Crippen molar-refractivity contribution in [3.63, 3.8) is 0 Å². The van der Waals surface area contributed by atoms with Gasteiger partial charge in [-0.25, -0.2) is 4.98 Å². The highest BCUT2D eigenvalue weighted by molar-refractivity contribution is 7.09. The molecule has 5 heteroatoms. The van der Waals surface area contributed by atoms with Gasteiger partial charge in [0.05, 0.1) is 11.7 Å². The summed E-state index contributed by atoms with van der Waals surface area (Å²) in [6, 6.07) is 4.03. The molecule has 1 atom stereocenters. The first-order chi connectivity index (χ1) is 7.25. The molecule has 0 aliphatic rings. The first-order valence-electron chi connectivity index (χ1n) is 4.72. The minimum absolute atomic E-state index is 0.169. The second kappa shape index (κ2) is 4.35. The van der Waals surface area contributed by atoms with Crippen LogP contribution in [0, 0.1) is 6.92 Å². The van der Waals surface area contributed by atoms with E-state index >= 15 is 0 Å². The maximum absolute atomic E-state index is 4.24. The molecule has 2 rings (SSSR count). The molecule has 0 amide bonds. The van der Waals surface area contributed by atoms with Gasteiger partial charge in [0.25, 0.3) is 0 Å². The molecule has 0 saturated heterocycles. The lowest BCUT2D eigenvalue weighted by Crippen LogP contribution is -2.08. The van der Waals surface area contributed by atoms with Crippen LogP contribution in [-0.4, -0.2) is 15.2 Å². The smallest absolute Gasteiger partial charge is 0.149 e. The quantitative estimate of drug-likeness (QED) is 0.863. The highest BCUT2D eigenvalue weighted by atomic mass is 32.1. The van der Waals surface area contributed by atoms with E-state index in [0.29, 0.717) is 0 Å². The van der Waals surface area contributed by atoms with Gasteiger partial charge in [-0.05, 0) is 26.0 Å². The van der Waals surface area contributed by atoms with Crippen molar-refractivity contribution >= 4 is 17.2 Å². The van der Waals surface area contributed by atoms with Gasteiger partial charge in [0, 0.05) is 11.6 Å². The van der Waals surface area contributed by atoms with E-state index in [4.69, 9.17) is 0 Å². The highest BCUT2D eigenvalue weighted by Gasteiger charge is 2.07. The maximum Gasteiger partial charge on any atom is 0.149 e. The molecule has 2 aromatic heterocycles. The highest BCUT2D eigenvalue weighted by Crippen LogP contribution is 2.18. The molecule has 2 aromatic rings. The van der Waals surface area contributed by atoms with Crippen LogP contribution in [0.4, 0.5) is 5.82 Å². The molecule has 0 aromatic carbocycles. The summed E-state index contributed by atoms with van der Waals surface area (Å²) in [6.07, 6.45) is 1.80. The molecule has 0 bridgehead atoms. The topological polar surface area (TPSA) is 50.7 Å². The third-order valence-corrected chi connectivity index (χ3v) is 2.94. The molecule has 78 valence electrons. The summed E-state index contributed by atoms with van der Waals surface area (Å²) in [5.41, 5.74) is 0.919. The van der Waals surface area contributed by atoms with Crippen LogP contribution < -0.4 is 5.32 Å². The number of aromatic nitrogens is 3. The number of aryl methyl sites for hydroxylation is 1. The van der Waals surface area contributed by atoms with E-state index in [0.717, 1.165) is 16.5 Å². The molecule has 2 heterocycles. The Bertz CT molecular complexity index is 409. The SMILES string of the molecule is Cc1ccc(NC(C)c2nccs2)nn1. The van der Waals surface area contributed by atoms with Crippen LogP contribution >= 0.6 is 11.3 Å². The summed E-state index contributed by atoms with van der Waals surface area (Å²) < 4.78 is 0. The number of anilines is 1. The van der Waals surface area contributed by atoms with Crippen molar-refractivity contribution in [1.29, 1.82) is 0 Å². The minimum Gasteiger partial charge on any atom is -0.360 e. The van der Waals surface area contributed by atoms with Crippen LogP contribution in [0.5, 0.6) is 0 Å². The Kier molecular flexibility index (Phi) is 2.91. The van der Waals surface area contributed by atoms with Crippen molar-refractivity contribution in [2.75, 3.05) is 5.32 Å². The van der Waals surface area contributed by atoms with E-state index in [1.807, 2.05) is 24.4 Å². The molecular weight excluding hydrogens is 208 g/mol. The third-order valence-electron chi connectivity index (χ3n) is 1.98. The Morgan fingerprint density at radius 1 is 1.33 bits per heavy atom. The molecule has 0 radical (unpaired) electrons. The van der Waals surface area contributed by atoms with Crippen LogP contribution in [0.3, 0.4) is 0 Å². The van der Waals surface area contributed by atoms with E-state index in [9.17, 15) is 0 Å². The van der Waals surface area contributed by atoms with Crippen LogP contribution in [0.2, 0.25) is 0 Å². The lowest BCUT2D eigenvalue weighted by atomic mass is 10.3. The second-order valence-corrected chi connectivity index (χ2v) is 4.22. The largest absolute Gasteiger partial charge is 0.360 e. The van der Waals surface area contributed by atoms with Crippen LogP contribution in [0.1, 0.15) is 23.7 Å². The summed E-state index contributed by atoms with van der Waals surface area (Å²) in [4.78, 5) is 4.24. The van der Waals surface area contributed by atoms with E-state index in [1.165, 1.54) is 0 Å². The van der Waals surface area contributed by atoms with Crippen molar-refractivity contribution in [3.8, 4) is 0 Å². The lowest BCUT2D eigenvalue weighted by Gasteiger charge is -2.10. The van der Waals surface area contributed by atoms with Gasteiger partial charge < -0.3 is 5.32 Å². The fourth-order valence-electron chi connectivity index (χ4n) is 1.21. The van der Waals surface area contributed by atoms with Crippen molar-refractivity contribution in [2.45, 2.75) is 19.9 Å². The zero-order chi connectivity index (χ0) is 10.7. The Morgan fingerprint density at radius 2 is 2.20 bits per heavy atom. The number of rotatable bonds is 3. The van der Waals surface area contributed by atoms with Crippen molar-refractivity contribution in [3.05, 3.63) is 34.4 Å². The fourth-order valence-corrected chi connectivity index (χ4v) is 1.85. The van der Waals surface area contributed by atoms with Crippen molar-refractivity contribution < 1.29 is 0 Å². The van der Waals surface area contributed by atoms with E-state index in [2.05, 4.69) is 27.4 Å². The zero-order valence-electron chi connectivity index (χ0n) is 8.64. The first kappa shape index (κ1) is 10.0. The van der Waals surface area contributed by atoms with Gasteiger partial charge in [0.1, 0.15) is 10.8 Å². The van der Waals surface area contributed by atoms with Gasteiger partial charge >= 0.3 is 0 Å². The van der Waals surface area contributed by atoms with Gasteiger partial charge in [-0.15, -0.1) is 16.4 Å². The summed E-state index contributed by atoms with van der Waals surface area (Å²) in [6.45, 7) is 3.97. The number of hydrogen-bond acceptors (Lipinski definition) is 5. The predicted molar refractivity (Wildman–Crippen MR) is 60.9 cm³/mol. The first-order valence-corrected chi connectivity index (χ1v) is 5.60. The van der Waals surface area contributed by atoms with Gasteiger partial charge in [0.2, 0.25) is 0 Å². The van der Waals surface area contributed by atoms with Crippen molar-refractivity contribution in [1.82, 2.24) is 15.2 Å². The third kappa shape index (κ3) is 2.50. The monoisotopic (exact) mass is 220 g/mol. The van der Waals surface area contributed by atoms with Crippen molar-refractivity contribution in [2.24, 2.45) is 0 Å². The molecule has 0 spiro atoms. The predicted octanol–water partition coefficient (Wildman–Crippen LogP) is 2.41. The summed E-state index contributed by atoms with van der Waals surface area (Å²) in [5, 5.41) is 14.3. The molecule has 0 aliphatic carbocycles. The Morgan fingerprint density at radius 3 is 2.80 bits per heavy atom. The molecule has 4 nitrogen and oxygen atoms in total. The summed E-state index contributed by atoms with van der Waals surface area (Å²) in [7, 11) is 0. The van der Waals surface area contributed by atoms with Crippen LogP contribution in [-0.2, 0) is 0 Å². The van der Waals surface area contributed by atoms with Crippen LogP contribution in [0.15, 0.2) is 23.7 Å². The number of nitrogens with zero attached hydrogens (tertiary/aromatic N) is 3. The molecule has 1 unspecified atom stereocenters. The Hall–Kier alpha value is -1.49. The van der Waals surface area contributed by atoms with Crippen LogP contribution in [0.25, 0.3) is 0 Å². The lowest BCUT2D eigenvalue weighted by molar-refractivity contribution is 0.844. The molecule has 0 fully saturated rings. The number of nitrogens with one attached hydrogen (secondary N) is 1. The molecule has 0 aliphatic heterocycles. The molecule has 0 saturated carbocycles. The number of thiazole rings is 1. The van der Waals surface area contributed by atoms with Gasteiger partial charge in [-0.3, -0.25) is 0 Å². The average molecular weight is 220 g/mol. The Labute approximate surface area is 92.4 Å². The van der Waals surface area contributed by atoms with Gasteiger partial charge in [0.15, 0.2) is 0 Å². The second-order valence-electron chi connectivity index (χ2n) is 3.30. The van der Waals surface area contributed by atoms with Gasteiger partial charge in [-0.1, -0.05) is 0 Å². The fraction of sp³-hybridized carbons (Fsp3) is 0.300. The summed E-state index contributed by atoms with van der Waals surface area (Å²) >= 11 is 1.63. The number of hydrogen-bond donors (Lipinski definition) is 1. The maximum atomic E-state index is 4.24. The molecule has 1 N–H and O–H groups in total. The Balaban J connectivity index is 2.06. The molecular formula is C10H12N4S. The zero-order valence-corrected chi connectivity index (χ0v) is 9.45. The summed E-state index contributed by atoms with van der Waals surface area (Å²) in [5.74, 6) is 0.781. The van der Waals surface area contributed by atoms with E-state index in [-0.39, 0.29) is 6.04 Å². The van der Waals surface area contributed by atoms with E-state index in [1.54, 1.807) is 17.5 Å². The normalized spacial score (nSPS) is 12.4. The van der Waals surface area contributed by atoms with Gasteiger partial charge in [-0.2, -0.15) is 5.10 Å².